The summed E-state index contributed by atoms with van der Waals surface area (Å²) in [7, 11) is 0. The maximum atomic E-state index is 10.7. The minimum Gasteiger partial charge on any atom is -0.481 e. The Labute approximate surface area is 130 Å². The molecule has 0 saturated carbocycles. The van der Waals surface area contributed by atoms with Crippen LogP contribution in [-0.2, 0) is 11.2 Å². The summed E-state index contributed by atoms with van der Waals surface area (Å²) in [5.41, 5.74) is 1.80. The molecule has 2 rings (SSSR count). The molecule has 0 aliphatic rings. The van der Waals surface area contributed by atoms with Gasteiger partial charge in [0.15, 0.2) is 5.16 Å². The number of aliphatic carboxylic acids is 1. The monoisotopic (exact) mass is 330 g/mol. The molecule has 20 heavy (non-hydrogen) atoms. The van der Waals surface area contributed by atoms with Crippen LogP contribution in [0, 0.1) is 0 Å². The Kier molecular flexibility index (Phi) is 4.96. The minimum absolute atomic E-state index is 0.0402. The van der Waals surface area contributed by atoms with Crippen LogP contribution in [0.5, 0.6) is 0 Å². The highest BCUT2D eigenvalue weighted by Crippen LogP contribution is 2.28. The normalized spacial score (nSPS) is 10.8. The zero-order chi connectivity index (χ0) is 14.7. The summed E-state index contributed by atoms with van der Waals surface area (Å²) in [4.78, 5) is 15.0. The fraction of sp³-hybridized carbons (Fsp3) is 0.231. The number of thioether (sulfide) groups is 1. The molecule has 1 aromatic heterocycles. The number of benzene rings is 1. The highest BCUT2D eigenvalue weighted by molar-refractivity contribution is 7.99. The van der Waals surface area contributed by atoms with Gasteiger partial charge >= 0.3 is 5.97 Å². The molecule has 0 aliphatic heterocycles. The van der Waals surface area contributed by atoms with Gasteiger partial charge in [0.05, 0.1) is 15.8 Å². The fourth-order valence-corrected chi connectivity index (χ4v) is 2.77. The zero-order valence-electron chi connectivity index (χ0n) is 10.6. The maximum Gasteiger partial charge on any atom is 0.313 e. The standard InChI is InChI=1S/C13H12Cl2N2O2S/c1-2-8-6-16-13(20-7-12(18)19)17(8)9-3-4-10(14)11(15)5-9/h3-6H,2,7H2,1H3,(H,18,19). The first-order chi connectivity index (χ1) is 9.52. The maximum absolute atomic E-state index is 10.7. The van der Waals surface area contributed by atoms with Crippen LogP contribution < -0.4 is 0 Å². The number of hydrogen-bond acceptors (Lipinski definition) is 3. The molecule has 0 fully saturated rings. The van der Waals surface area contributed by atoms with Crippen molar-refractivity contribution in [3.8, 4) is 5.69 Å². The van der Waals surface area contributed by atoms with Gasteiger partial charge in [0.25, 0.3) is 0 Å². The van der Waals surface area contributed by atoms with Crippen molar-refractivity contribution in [3.63, 3.8) is 0 Å². The van der Waals surface area contributed by atoms with E-state index in [1.165, 1.54) is 11.8 Å². The third-order valence-electron chi connectivity index (χ3n) is 2.65. The lowest BCUT2D eigenvalue weighted by molar-refractivity contribution is -0.133. The van der Waals surface area contributed by atoms with Crippen LogP contribution in [0.25, 0.3) is 5.69 Å². The Morgan fingerprint density at radius 2 is 2.15 bits per heavy atom. The molecule has 0 unspecified atom stereocenters. The van der Waals surface area contributed by atoms with Crippen LogP contribution in [0.15, 0.2) is 29.6 Å². The molecule has 1 N–H and O–H groups in total. The Morgan fingerprint density at radius 1 is 1.40 bits per heavy atom. The van der Waals surface area contributed by atoms with Gasteiger partial charge in [-0.25, -0.2) is 4.98 Å². The second-order valence-electron chi connectivity index (χ2n) is 4.00. The van der Waals surface area contributed by atoms with E-state index in [1.807, 2.05) is 17.6 Å². The van der Waals surface area contributed by atoms with Crippen molar-refractivity contribution >= 4 is 40.9 Å². The first-order valence-corrected chi connectivity index (χ1v) is 7.63. The van der Waals surface area contributed by atoms with Gasteiger partial charge < -0.3 is 5.11 Å². The molecule has 1 heterocycles. The third kappa shape index (κ3) is 3.29. The number of halogens is 2. The quantitative estimate of drug-likeness (QED) is 0.844. The van der Waals surface area contributed by atoms with Gasteiger partial charge in [-0.15, -0.1) is 0 Å². The van der Waals surface area contributed by atoms with E-state index < -0.39 is 5.97 Å². The number of aromatic nitrogens is 2. The van der Waals surface area contributed by atoms with E-state index in [2.05, 4.69) is 4.98 Å². The van der Waals surface area contributed by atoms with Crippen LogP contribution >= 0.6 is 35.0 Å². The van der Waals surface area contributed by atoms with Crippen molar-refractivity contribution in [2.45, 2.75) is 18.5 Å². The molecule has 0 atom stereocenters. The second kappa shape index (κ2) is 6.52. The Morgan fingerprint density at radius 3 is 2.75 bits per heavy atom. The van der Waals surface area contributed by atoms with Gasteiger partial charge in [-0.3, -0.25) is 9.36 Å². The topological polar surface area (TPSA) is 55.1 Å². The van der Waals surface area contributed by atoms with E-state index in [0.717, 1.165) is 17.8 Å². The zero-order valence-corrected chi connectivity index (χ0v) is 13.0. The van der Waals surface area contributed by atoms with Crippen molar-refractivity contribution < 1.29 is 9.90 Å². The SMILES string of the molecule is CCc1cnc(SCC(=O)O)n1-c1ccc(Cl)c(Cl)c1. The molecule has 0 amide bonds. The van der Waals surface area contributed by atoms with E-state index in [4.69, 9.17) is 28.3 Å². The van der Waals surface area contributed by atoms with Gasteiger partial charge in [-0.2, -0.15) is 0 Å². The number of imidazole rings is 1. The summed E-state index contributed by atoms with van der Waals surface area (Å²) in [5, 5.41) is 10.3. The van der Waals surface area contributed by atoms with Crippen LogP contribution in [0.3, 0.4) is 0 Å². The van der Waals surface area contributed by atoms with E-state index in [1.54, 1.807) is 18.3 Å². The summed E-state index contributed by atoms with van der Waals surface area (Å²) in [6, 6.07) is 5.29. The number of carboxylic acid groups (broad SMARTS) is 1. The molecule has 0 spiro atoms. The summed E-state index contributed by atoms with van der Waals surface area (Å²) in [6.07, 6.45) is 2.52. The molecular weight excluding hydrogens is 319 g/mol. The largest absolute Gasteiger partial charge is 0.481 e. The second-order valence-corrected chi connectivity index (χ2v) is 5.76. The molecule has 7 heteroatoms. The molecule has 106 valence electrons. The number of nitrogens with zero attached hydrogens (tertiary/aromatic N) is 2. The highest BCUT2D eigenvalue weighted by Gasteiger charge is 2.13. The first-order valence-electron chi connectivity index (χ1n) is 5.89. The molecular formula is C13H12Cl2N2O2S. The van der Waals surface area contributed by atoms with Crippen LogP contribution in [0.1, 0.15) is 12.6 Å². The number of carbonyl (C=O) groups is 1. The molecule has 4 nitrogen and oxygen atoms in total. The smallest absolute Gasteiger partial charge is 0.313 e. The number of hydrogen-bond donors (Lipinski definition) is 1. The Hall–Kier alpha value is -1.17. The molecule has 0 bridgehead atoms. The lowest BCUT2D eigenvalue weighted by Gasteiger charge is -2.11. The van der Waals surface area contributed by atoms with E-state index >= 15 is 0 Å². The number of carboxylic acids is 1. The predicted molar refractivity (Wildman–Crippen MR) is 81.3 cm³/mol. The Balaban J connectivity index is 2.44. The molecule has 2 aromatic rings. The van der Waals surface area contributed by atoms with Gasteiger partial charge in [0.1, 0.15) is 0 Å². The minimum atomic E-state index is -0.878. The van der Waals surface area contributed by atoms with Crippen molar-refractivity contribution in [1.29, 1.82) is 0 Å². The number of rotatable bonds is 5. The average molecular weight is 331 g/mol. The van der Waals surface area contributed by atoms with Gasteiger partial charge in [0.2, 0.25) is 0 Å². The van der Waals surface area contributed by atoms with Gasteiger partial charge in [0, 0.05) is 17.6 Å². The highest BCUT2D eigenvalue weighted by atomic mass is 35.5. The van der Waals surface area contributed by atoms with E-state index in [0.29, 0.717) is 15.2 Å². The van der Waals surface area contributed by atoms with Gasteiger partial charge in [-0.05, 0) is 24.6 Å². The summed E-state index contributed by atoms with van der Waals surface area (Å²) < 4.78 is 1.90. The van der Waals surface area contributed by atoms with E-state index in [-0.39, 0.29) is 5.75 Å². The Bertz CT molecular complexity index is 643. The first kappa shape index (κ1) is 15.2. The summed E-state index contributed by atoms with van der Waals surface area (Å²) in [5.74, 6) is -0.918. The fourth-order valence-electron chi connectivity index (χ4n) is 1.75. The van der Waals surface area contributed by atoms with Crippen LogP contribution in [0.2, 0.25) is 10.0 Å². The van der Waals surface area contributed by atoms with Crippen molar-refractivity contribution in [2.75, 3.05) is 5.75 Å². The predicted octanol–water partition coefficient (Wildman–Crippen LogP) is 3.92. The average Bonchev–Trinajstić information content (AvgIpc) is 2.82. The third-order valence-corrected chi connectivity index (χ3v) is 4.33. The molecule has 0 aliphatic carbocycles. The lowest BCUT2D eigenvalue weighted by atomic mass is 10.3. The van der Waals surface area contributed by atoms with Gasteiger partial charge in [-0.1, -0.05) is 41.9 Å². The van der Waals surface area contributed by atoms with Crippen LogP contribution in [-0.4, -0.2) is 26.4 Å². The molecule has 0 radical (unpaired) electrons. The summed E-state index contributed by atoms with van der Waals surface area (Å²) in [6.45, 7) is 2.01. The molecule has 0 saturated heterocycles. The van der Waals surface area contributed by atoms with Crippen molar-refractivity contribution in [3.05, 3.63) is 40.1 Å². The van der Waals surface area contributed by atoms with Crippen LogP contribution in [0.4, 0.5) is 0 Å². The van der Waals surface area contributed by atoms with Crippen molar-refractivity contribution in [1.82, 2.24) is 9.55 Å². The van der Waals surface area contributed by atoms with Crippen molar-refractivity contribution in [2.24, 2.45) is 0 Å². The number of aryl methyl sites for hydroxylation is 1. The molecule has 1 aromatic carbocycles. The van der Waals surface area contributed by atoms with E-state index in [9.17, 15) is 4.79 Å². The lowest BCUT2D eigenvalue weighted by Crippen LogP contribution is -2.04. The summed E-state index contributed by atoms with van der Waals surface area (Å²) >= 11 is 13.1.